The molecule has 0 amide bonds. The zero-order valence-electron chi connectivity index (χ0n) is 11.2. The van der Waals surface area contributed by atoms with Crippen molar-refractivity contribution >= 4 is 28.8 Å². The molecule has 2 nitrogen and oxygen atoms in total. The number of alkyl halides is 1. The van der Waals surface area contributed by atoms with E-state index in [2.05, 4.69) is 17.6 Å². The average molecular weight is 276 g/mol. The number of hydrogen-bond donors (Lipinski definition) is 0. The molecule has 0 aliphatic heterocycles. The highest BCUT2D eigenvalue weighted by Crippen LogP contribution is 2.42. The van der Waals surface area contributed by atoms with Crippen molar-refractivity contribution in [1.82, 2.24) is 4.57 Å². The van der Waals surface area contributed by atoms with Crippen molar-refractivity contribution in [3.8, 4) is 0 Å². The molecule has 19 heavy (non-hydrogen) atoms. The van der Waals surface area contributed by atoms with E-state index in [0.717, 1.165) is 30.0 Å². The summed E-state index contributed by atoms with van der Waals surface area (Å²) in [5.74, 6) is 0. The molecule has 1 fully saturated rings. The van der Waals surface area contributed by atoms with E-state index in [1.165, 1.54) is 25.0 Å². The number of nitrogens with zero attached hydrogens (tertiary/aromatic N) is 1. The zero-order chi connectivity index (χ0) is 13.5. The van der Waals surface area contributed by atoms with E-state index < -0.39 is 0 Å². The van der Waals surface area contributed by atoms with Crippen molar-refractivity contribution in [3.63, 3.8) is 0 Å². The summed E-state index contributed by atoms with van der Waals surface area (Å²) in [4.78, 5) is 10.7. The van der Waals surface area contributed by atoms with Crippen molar-refractivity contribution < 1.29 is 4.79 Å². The summed E-state index contributed by atoms with van der Waals surface area (Å²) in [7, 11) is 0. The van der Waals surface area contributed by atoms with Crippen LogP contribution in [0.2, 0.25) is 0 Å². The third-order valence-electron chi connectivity index (χ3n) is 4.17. The van der Waals surface area contributed by atoms with Gasteiger partial charge in [0.1, 0.15) is 11.3 Å². The minimum atomic E-state index is -0.314. The lowest BCUT2D eigenvalue weighted by Gasteiger charge is -2.34. The Labute approximate surface area is 118 Å². The Kier molecular flexibility index (Phi) is 3.14. The summed E-state index contributed by atoms with van der Waals surface area (Å²) in [6, 6.07) is 7.98. The summed E-state index contributed by atoms with van der Waals surface area (Å²) in [6.45, 7) is 2.10. The molecule has 0 bridgehead atoms. The number of aryl methyl sites for hydroxylation is 1. The first-order valence-corrected chi connectivity index (χ1v) is 7.28. The second-order valence-corrected chi connectivity index (χ2v) is 6.24. The topological polar surface area (TPSA) is 22.0 Å². The number of carbonyl (C=O) groups is 1. The summed E-state index contributed by atoms with van der Waals surface area (Å²) >= 11 is 6.90. The van der Waals surface area contributed by atoms with Crippen molar-refractivity contribution in [2.75, 3.05) is 0 Å². The first-order valence-electron chi connectivity index (χ1n) is 6.91. The molecule has 100 valence electrons. The van der Waals surface area contributed by atoms with Gasteiger partial charge in [0.25, 0.3) is 0 Å². The van der Waals surface area contributed by atoms with Gasteiger partial charge in [-0.2, -0.15) is 0 Å². The van der Waals surface area contributed by atoms with Crippen LogP contribution >= 0.6 is 11.6 Å². The van der Waals surface area contributed by atoms with Crippen LogP contribution in [0.15, 0.2) is 24.3 Å². The molecule has 1 aromatic carbocycles. The van der Waals surface area contributed by atoms with Gasteiger partial charge in [-0.15, -0.1) is 0 Å². The molecule has 0 N–H and O–H groups in total. The highest BCUT2D eigenvalue weighted by molar-refractivity contribution is 6.22. The van der Waals surface area contributed by atoms with Gasteiger partial charge >= 0.3 is 0 Å². The third kappa shape index (κ3) is 2.08. The molecule has 1 aliphatic carbocycles. The predicted octanol–water partition coefficient (Wildman–Crippen LogP) is 4.62. The normalized spacial score (nSPS) is 18.6. The first kappa shape index (κ1) is 12.7. The molecule has 0 atom stereocenters. The average Bonchev–Trinajstić information content (AvgIpc) is 2.74. The number of carbonyl (C=O) groups excluding carboxylic acids is 1. The standard InChI is InChI=1S/C16H18ClNO/c1-12-9-14-6-5-13(11-19)10-15(14)18(12)16(17)7-3-2-4-8-16/h5-6,9-11H,2-4,7-8H2,1H3. The Morgan fingerprint density at radius 3 is 2.63 bits per heavy atom. The highest BCUT2D eigenvalue weighted by Gasteiger charge is 2.33. The van der Waals surface area contributed by atoms with Gasteiger partial charge in [-0.1, -0.05) is 30.2 Å². The number of fused-ring (bicyclic) bond motifs is 1. The van der Waals surface area contributed by atoms with Crippen LogP contribution in [0.3, 0.4) is 0 Å². The maximum Gasteiger partial charge on any atom is 0.150 e. The fraction of sp³-hybridized carbons (Fsp3) is 0.438. The summed E-state index contributed by atoms with van der Waals surface area (Å²) < 4.78 is 2.23. The minimum Gasteiger partial charge on any atom is -0.325 e. The molecule has 2 aromatic rings. The highest BCUT2D eigenvalue weighted by atomic mass is 35.5. The van der Waals surface area contributed by atoms with Crippen LogP contribution in [0, 0.1) is 6.92 Å². The molecule has 1 saturated carbocycles. The monoisotopic (exact) mass is 275 g/mol. The number of aldehydes is 1. The van der Waals surface area contributed by atoms with Gasteiger partial charge in [-0.25, -0.2) is 0 Å². The second-order valence-electron chi connectivity index (χ2n) is 5.54. The van der Waals surface area contributed by atoms with Crippen LogP contribution in [0.25, 0.3) is 10.9 Å². The summed E-state index contributed by atoms with van der Waals surface area (Å²) in [5.41, 5.74) is 2.97. The van der Waals surface area contributed by atoms with E-state index in [-0.39, 0.29) is 5.00 Å². The third-order valence-corrected chi connectivity index (χ3v) is 4.72. The van der Waals surface area contributed by atoms with Gasteiger partial charge in [0, 0.05) is 11.3 Å². The fourth-order valence-electron chi connectivity index (χ4n) is 3.28. The van der Waals surface area contributed by atoms with E-state index in [4.69, 9.17) is 11.6 Å². The van der Waals surface area contributed by atoms with Crippen LogP contribution in [-0.2, 0) is 5.00 Å². The van der Waals surface area contributed by atoms with Crippen LogP contribution in [0.5, 0.6) is 0 Å². The Morgan fingerprint density at radius 1 is 1.21 bits per heavy atom. The van der Waals surface area contributed by atoms with Gasteiger partial charge in [-0.3, -0.25) is 4.79 Å². The Hall–Kier alpha value is -1.28. The molecular formula is C16H18ClNO. The Balaban J connectivity index is 2.21. The second kappa shape index (κ2) is 4.68. The lowest BCUT2D eigenvalue weighted by atomic mass is 9.94. The molecular weight excluding hydrogens is 258 g/mol. The fourth-order valence-corrected chi connectivity index (χ4v) is 3.77. The van der Waals surface area contributed by atoms with E-state index in [0.29, 0.717) is 5.56 Å². The molecule has 1 aliphatic rings. The molecule has 1 aromatic heterocycles. The molecule has 0 saturated heterocycles. The van der Waals surface area contributed by atoms with Crippen molar-refractivity contribution in [1.29, 1.82) is 0 Å². The Morgan fingerprint density at radius 2 is 1.95 bits per heavy atom. The van der Waals surface area contributed by atoms with E-state index in [9.17, 15) is 4.79 Å². The molecule has 0 unspecified atom stereocenters. The minimum absolute atomic E-state index is 0.314. The molecule has 3 heteroatoms. The quantitative estimate of drug-likeness (QED) is 0.579. The van der Waals surface area contributed by atoms with Crippen LogP contribution in [0.1, 0.15) is 48.2 Å². The number of rotatable bonds is 2. The lowest BCUT2D eigenvalue weighted by Crippen LogP contribution is -2.30. The maximum absolute atomic E-state index is 11.0. The van der Waals surface area contributed by atoms with Crippen LogP contribution in [-0.4, -0.2) is 10.9 Å². The Bertz CT molecular complexity index is 623. The van der Waals surface area contributed by atoms with Gasteiger partial charge in [0.2, 0.25) is 0 Å². The van der Waals surface area contributed by atoms with Gasteiger partial charge in [0.05, 0.1) is 5.52 Å². The zero-order valence-corrected chi connectivity index (χ0v) is 11.9. The molecule has 0 radical (unpaired) electrons. The summed E-state index contributed by atoms with van der Waals surface area (Å²) in [6.07, 6.45) is 6.53. The van der Waals surface area contributed by atoms with Crippen molar-refractivity contribution in [2.24, 2.45) is 0 Å². The van der Waals surface area contributed by atoms with Gasteiger partial charge in [-0.05, 0) is 50.1 Å². The smallest absolute Gasteiger partial charge is 0.150 e. The van der Waals surface area contributed by atoms with Crippen LogP contribution in [0.4, 0.5) is 0 Å². The SMILES string of the molecule is Cc1cc2ccc(C=O)cc2n1C1(Cl)CCCCC1. The number of benzene rings is 1. The van der Waals surface area contributed by atoms with E-state index >= 15 is 0 Å². The van der Waals surface area contributed by atoms with Crippen molar-refractivity contribution in [2.45, 2.75) is 44.0 Å². The largest absolute Gasteiger partial charge is 0.325 e. The first-order chi connectivity index (χ1) is 9.14. The lowest BCUT2D eigenvalue weighted by molar-refractivity contribution is 0.112. The predicted molar refractivity (Wildman–Crippen MR) is 79.0 cm³/mol. The van der Waals surface area contributed by atoms with E-state index in [1.807, 2.05) is 18.2 Å². The summed E-state index contributed by atoms with van der Waals surface area (Å²) in [5, 5.41) is 1.16. The molecule has 3 rings (SSSR count). The molecule has 1 heterocycles. The maximum atomic E-state index is 11.0. The van der Waals surface area contributed by atoms with Gasteiger partial charge in [0.15, 0.2) is 0 Å². The van der Waals surface area contributed by atoms with E-state index in [1.54, 1.807) is 0 Å². The van der Waals surface area contributed by atoms with Crippen molar-refractivity contribution in [3.05, 3.63) is 35.5 Å². The number of hydrogen-bond acceptors (Lipinski definition) is 1. The number of halogens is 1. The van der Waals surface area contributed by atoms with Crippen LogP contribution < -0.4 is 0 Å². The van der Waals surface area contributed by atoms with Gasteiger partial charge < -0.3 is 4.57 Å². The number of aromatic nitrogens is 1. The molecule has 0 spiro atoms.